The van der Waals surface area contributed by atoms with Crippen molar-refractivity contribution in [1.82, 2.24) is 0 Å². The summed E-state index contributed by atoms with van der Waals surface area (Å²) >= 11 is 0. The molecule has 21 heavy (non-hydrogen) atoms. The van der Waals surface area contributed by atoms with Gasteiger partial charge in [0.15, 0.2) is 9.84 Å². The van der Waals surface area contributed by atoms with Gasteiger partial charge in [0.1, 0.15) is 0 Å². The Morgan fingerprint density at radius 3 is 2.10 bits per heavy atom. The molecule has 0 aliphatic rings. The molecule has 112 valence electrons. The SMILES string of the molecule is Cc1cccc(NS(=O)(=O)c2cccc(S(C)(=O)=O)c2)c1. The highest BCUT2D eigenvalue weighted by atomic mass is 32.2. The van der Waals surface area contributed by atoms with E-state index in [9.17, 15) is 16.8 Å². The standard InChI is InChI=1S/C14H15NO4S2/c1-11-5-3-6-12(9-11)15-21(18,19)14-8-4-7-13(10-14)20(2,16)17/h3-10,15H,1-2H3. The van der Waals surface area contributed by atoms with Crippen LogP contribution in [0.25, 0.3) is 0 Å². The van der Waals surface area contributed by atoms with Crippen LogP contribution in [0.1, 0.15) is 5.56 Å². The van der Waals surface area contributed by atoms with Crippen molar-refractivity contribution < 1.29 is 16.8 Å². The summed E-state index contributed by atoms with van der Waals surface area (Å²) in [5, 5.41) is 0. The van der Waals surface area contributed by atoms with Crippen LogP contribution in [-0.2, 0) is 19.9 Å². The maximum Gasteiger partial charge on any atom is 0.261 e. The molecule has 7 heteroatoms. The van der Waals surface area contributed by atoms with Crippen LogP contribution in [0.15, 0.2) is 58.3 Å². The highest BCUT2D eigenvalue weighted by Gasteiger charge is 2.17. The lowest BCUT2D eigenvalue weighted by molar-refractivity contribution is 0.599. The van der Waals surface area contributed by atoms with Crippen molar-refractivity contribution in [2.24, 2.45) is 0 Å². The first-order chi connectivity index (χ1) is 9.68. The maximum absolute atomic E-state index is 12.3. The molecule has 1 N–H and O–H groups in total. The van der Waals surface area contributed by atoms with Crippen molar-refractivity contribution in [1.29, 1.82) is 0 Å². The summed E-state index contributed by atoms with van der Waals surface area (Å²) in [6.45, 7) is 1.85. The van der Waals surface area contributed by atoms with E-state index in [1.165, 1.54) is 18.2 Å². The number of sulfone groups is 1. The summed E-state index contributed by atoms with van der Waals surface area (Å²) in [5.74, 6) is 0. The summed E-state index contributed by atoms with van der Waals surface area (Å²) in [4.78, 5) is -0.124. The van der Waals surface area contributed by atoms with E-state index in [2.05, 4.69) is 4.72 Å². The summed E-state index contributed by atoms with van der Waals surface area (Å²) in [6, 6.07) is 12.2. The molecule has 0 saturated heterocycles. The fraction of sp³-hybridized carbons (Fsp3) is 0.143. The molecule has 0 amide bonds. The van der Waals surface area contributed by atoms with E-state index >= 15 is 0 Å². The molecular weight excluding hydrogens is 310 g/mol. The highest BCUT2D eigenvalue weighted by molar-refractivity contribution is 7.93. The minimum absolute atomic E-state index is 0.0328. The van der Waals surface area contributed by atoms with E-state index in [0.717, 1.165) is 17.9 Å². The van der Waals surface area contributed by atoms with E-state index in [4.69, 9.17) is 0 Å². The third-order valence-electron chi connectivity index (χ3n) is 2.81. The van der Waals surface area contributed by atoms with E-state index in [0.29, 0.717) is 5.69 Å². The van der Waals surface area contributed by atoms with Gasteiger partial charge < -0.3 is 0 Å². The molecule has 0 bridgehead atoms. The van der Waals surface area contributed by atoms with Gasteiger partial charge in [-0.3, -0.25) is 4.72 Å². The second-order valence-corrected chi connectivity index (χ2v) is 8.42. The van der Waals surface area contributed by atoms with Crippen molar-refractivity contribution in [3.8, 4) is 0 Å². The zero-order valence-corrected chi connectivity index (χ0v) is 13.2. The van der Waals surface area contributed by atoms with Crippen molar-refractivity contribution in [3.63, 3.8) is 0 Å². The summed E-state index contributed by atoms with van der Waals surface area (Å²) in [5.41, 5.74) is 1.35. The molecule has 0 saturated carbocycles. The van der Waals surface area contributed by atoms with Gasteiger partial charge in [-0.1, -0.05) is 18.2 Å². The number of anilines is 1. The van der Waals surface area contributed by atoms with Gasteiger partial charge in [-0.05, 0) is 42.8 Å². The molecule has 0 aromatic heterocycles. The van der Waals surface area contributed by atoms with E-state index in [1.54, 1.807) is 18.2 Å². The van der Waals surface area contributed by atoms with E-state index in [1.807, 2.05) is 13.0 Å². The first-order valence-corrected chi connectivity index (χ1v) is 9.45. The Labute approximate surface area is 124 Å². The molecular formula is C14H15NO4S2. The molecule has 2 aromatic carbocycles. The van der Waals surface area contributed by atoms with Crippen LogP contribution in [-0.4, -0.2) is 23.1 Å². The molecule has 0 spiro atoms. The fourth-order valence-corrected chi connectivity index (χ4v) is 3.63. The monoisotopic (exact) mass is 325 g/mol. The van der Waals surface area contributed by atoms with Crippen LogP contribution in [0, 0.1) is 6.92 Å². The number of benzene rings is 2. The van der Waals surface area contributed by atoms with Gasteiger partial charge in [-0.15, -0.1) is 0 Å². The number of rotatable bonds is 4. The van der Waals surface area contributed by atoms with Crippen LogP contribution < -0.4 is 4.72 Å². The second kappa shape index (κ2) is 5.50. The molecule has 5 nitrogen and oxygen atoms in total. The minimum Gasteiger partial charge on any atom is -0.280 e. The molecule has 0 radical (unpaired) electrons. The molecule has 2 aromatic rings. The summed E-state index contributed by atoms with van der Waals surface area (Å²) in [7, 11) is -7.28. The van der Waals surface area contributed by atoms with Gasteiger partial charge in [-0.2, -0.15) is 0 Å². The lowest BCUT2D eigenvalue weighted by atomic mass is 10.2. The lowest BCUT2D eigenvalue weighted by Gasteiger charge is -2.09. The van der Waals surface area contributed by atoms with Gasteiger partial charge in [0.25, 0.3) is 10.0 Å². The zero-order valence-electron chi connectivity index (χ0n) is 11.6. The Kier molecular flexibility index (Phi) is 4.06. The van der Waals surface area contributed by atoms with Gasteiger partial charge in [0.2, 0.25) is 0 Å². The van der Waals surface area contributed by atoms with Crippen molar-refractivity contribution in [2.45, 2.75) is 16.7 Å². The number of hydrogen-bond acceptors (Lipinski definition) is 4. The van der Waals surface area contributed by atoms with Gasteiger partial charge in [0.05, 0.1) is 9.79 Å². The normalized spacial score (nSPS) is 12.1. The molecule has 0 heterocycles. The van der Waals surface area contributed by atoms with Crippen molar-refractivity contribution in [3.05, 3.63) is 54.1 Å². The molecule has 0 unspecified atom stereocenters. The zero-order chi connectivity index (χ0) is 15.7. The van der Waals surface area contributed by atoms with Crippen LogP contribution in [0.5, 0.6) is 0 Å². The number of nitrogens with one attached hydrogen (secondary N) is 1. The number of sulfonamides is 1. The smallest absolute Gasteiger partial charge is 0.261 e. The summed E-state index contributed by atoms with van der Waals surface area (Å²) < 4.78 is 50.0. The molecule has 0 aliphatic carbocycles. The third-order valence-corrected chi connectivity index (χ3v) is 5.30. The largest absolute Gasteiger partial charge is 0.280 e. The van der Waals surface area contributed by atoms with Gasteiger partial charge in [-0.25, -0.2) is 16.8 Å². The van der Waals surface area contributed by atoms with Gasteiger partial charge >= 0.3 is 0 Å². The molecule has 0 atom stereocenters. The topological polar surface area (TPSA) is 80.3 Å². The van der Waals surface area contributed by atoms with E-state index in [-0.39, 0.29) is 9.79 Å². The van der Waals surface area contributed by atoms with Crippen molar-refractivity contribution >= 4 is 25.5 Å². The first-order valence-electron chi connectivity index (χ1n) is 6.08. The van der Waals surface area contributed by atoms with Gasteiger partial charge in [0, 0.05) is 11.9 Å². The Morgan fingerprint density at radius 2 is 1.48 bits per heavy atom. The Hall–Kier alpha value is -1.86. The lowest BCUT2D eigenvalue weighted by Crippen LogP contribution is -2.13. The van der Waals surface area contributed by atoms with Crippen LogP contribution >= 0.6 is 0 Å². The van der Waals surface area contributed by atoms with E-state index < -0.39 is 19.9 Å². The number of hydrogen-bond donors (Lipinski definition) is 1. The summed E-state index contributed by atoms with van der Waals surface area (Å²) in [6.07, 6.45) is 1.03. The first kappa shape index (κ1) is 15.5. The van der Waals surface area contributed by atoms with Crippen LogP contribution in [0.4, 0.5) is 5.69 Å². The molecule has 0 aliphatic heterocycles. The number of aryl methyl sites for hydroxylation is 1. The Bertz CT molecular complexity index is 871. The quantitative estimate of drug-likeness (QED) is 0.934. The average Bonchev–Trinajstić information content (AvgIpc) is 2.37. The maximum atomic E-state index is 12.3. The molecule has 0 fully saturated rings. The van der Waals surface area contributed by atoms with Crippen LogP contribution in [0.2, 0.25) is 0 Å². The highest BCUT2D eigenvalue weighted by Crippen LogP contribution is 2.19. The molecule has 2 rings (SSSR count). The fourth-order valence-electron chi connectivity index (χ4n) is 1.79. The minimum atomic E-state index is -3.83. The average molecular weight is 325 g/mol. The second-order valence-electron chi connectivity index (χ2n) is 4.72. The van der Waals surface area contributed by atoms with Crippen LogP contribution in [0.3, 0.4) is 0 Å². The van der Waals surface area contributed by atoms with Crippen molar-refractivity contribution in [2.75, 3.05) is 11.0 Å². The third kappa shape index (κ3) is 3.83. The Balaban J connectivity index is 2.41. The predicted molar refractivity (Wildman–Crippen MR) is 81.5 cm³/mol. The predicted octanol–water partition coefficient (Wildman–Crippen LogP) is 2.20. The Morgan fingerprint density at radius 1 is 0.857 bits per heavy atom.